The molecule has 0 aromatic rings. The maximum Gasteiger partial charge on any atom is 0.168 e. The maximum atomic E-state index is 8.79. The molecular weight excluding hydrogens is 186 g/mol. The molecule has 0 bridgehead atoms. The Morgan fingerprint density at radius 3 is 3.31 bits per heavy atom. The molecule has 4 nitrogen and oxygen atoms in total. The van der Waals surface area contributed by atoms with E-state index in [-0.39, 0.29) is 12.6 Å². The predicted octanol–water partition coefficient (Wildman–Crippen LogP) is -0.0441. The van der Waals surface area contributed by atoms with Crippen LogP contribution in [0, 0.1) is 0 Å². The zero-order chi connectivity index (χ0) is 9.26. The minimum atomic E-state index is -0.139. The summed E-state index contributed by atoms with van der Waals surface area (Å²) in [7, 11) is 0. The van der Waals surface area contributed by atoms with Crippen molar-refractivity contribution in [3.63, 3.8) is 0 Å². The molecule has 72 valence electrons. The Hall–Kier alpha value is -0.520. The Morgan fingerprint density at radius 2 is 2.62 bits per heavy atom. The molecule has 0 aromatic heterocycles. The van der Waals surface area contributed by atoms with E-state index in [1.165, 1.54) is 4.91 Å². The number of nitrogens with zero attached hydrogens (tertiary/aromatic N) is 2. The zero-order valence-corrected chi connectivity index (χ0v) is 8.13. The number of hydrogen-bond acceptors (Lipinski definition) is 5. The zero-order valence-electron chi connectivity index (χ0n) is 7.31. The van der Waals surface area contributed by atoms with Crippen molar-refractivity contribution < 1.29 is 5.11 Å². The maximum absolute atomic E-state index is 8.79. The van der Waals surface area contributed by atoms with Crippen molar-refractivity contribution in [1.29, 1.82) is 0 Å². The summed E-state index contributed by atoms with van der Waals surface area (Å²) in [6.45, 7) is 1.93. The number of aliphatic hydroxyl groups is 1. The molecule has 2 aliphatic heterocycles. The molecule has 1 atom stereocenters. The van der Waals surface area contributed by atoms with Gasteiger partial charge in [-0.3, -0.25) is 4.99 Å². The van der Waals surface area contributed by atoms with Crippen LogP contribution in [0.25, 0.3) is 0 Å². The van der Waals surface area contributed by atoms with Crippen LogP contribution in [0.1, 0.15) is 6.42 Å². The van der Waals surface area contributed by atoms with E-state index >= 15 is 0 Å². The van der Waals surface area contributed by atoms with E-state index < -0.39 is 0 Å². The third-order valence-corrected chi connectivity index (χ3v) is 3.13. The summed E-state index contributed by atoms with van der Waals surface area (Å²) in [4.78, 5) is 7.68. The van der Waals surface area contributed by atoms with Gasteiger partial charge in [0.25, 0.3) is 0 Å². The lowest BCUT2D eigenvalue weighted by Gasteiger charge is -2.06. The van der Waals surface area contributed by atoms with Gasteiger partial charge in [-0.25, -0.2) is 0 Å². The molecule has 0 aliphatic carbocycles. The molecule has 0 aromatic carbocycles. The molecule has 2 aliphatic rings. The molecule has 13 heavy (non-hydrogen) atoms. The summed E-state index contributed by atoms with van der Waals surface area (Å²) < 4.78 is 0. The van der Waals surface area contributed by atoms with Gasteiger partial charge in [0.15, 0.2) is 5.17 Å². The first kappa shape index (κ1) is 9.05. The van der Waals surface area contributed by atoms with Gasteiger partial charge in [-0.1, -0.05) is 11.8 Å². The van der Waals surface area contributed by atoms with Gasteiger partial charge < -0.3 is 15.7 Å². The number of amidine groups is 1. The van der Waals surface area contributed by atoms with E-state index in [0.717, 1.165) is 24.7 Å². The second-order valence-corrected chi connectivity index (χ2v) is 4.30. The number of nitrogens with two attached hydrogens (primary N) is 1. The molecule has 3 N–H and O–H groups in total. The second kappa shape index (κ2) is 3.69. The summed E-state index contributed by atoms with van der Waals surface area (Å²) in [6.07, 6.45) is 2.84. The summed E-state index contributed by atoms with van der Waals surface area (Å²) in [5.74, 6) is 0. The number of fused-ring (bicyclic) bond motifs is 1. The van der Waals surface area contributed by atoms with Crippen LogP contribution in [-0.2, 0) is 0 Å². The highest BCUT2D eigenvalue weighted by Gasteiger charge is 2.24. The molecule has 2 rings (SSSR count). The lowest BCUT2D eigenvalue weighted by Crippen LogP contribution is -2.24. The molecule has 1 unspecified atom stereocenters. The summed E-state index contributed by atoms with van der Waals surface area (Å²) in [6, 6.07) is -0.139. The monoisotopic (exact) mass is 199 g/mol. The quantitative estimate of drug-likeness (QED) is 0.669. The van der Waals surface area contributed by atoms with Gasteiger partial charge >= 0.3 is 0 Å². The van der Waals surface area contributed by atoms with Crippen LogP contribution in [0.3, 0.4) is 0 Å². The molecule has 0 spiro atoms. The van der Waals surface area contributed by atoms with E-state index in [4.69, 9.17) is 10.8 Å². The molecule has 0 saturated heterocycles. The number of aliphatic hydroxyl groups excluding tert-OH is 1. The van der Waals surface area contributed by atoms with Crippen LogP contribution < -0.4 is 5.73 Å². The van der Waals surface area contributed by atoms with Gasteiger partial charge in [-0.15, -0.1) is 0 Å². The number of rotatable bonds is 3. The fourth-order valence-electron chi connectivity index (χ4n) is 1.39. The summed E-state index contributed by atoms with van der Waals surface area (Å²) >= 11 is 1.67. The van der Waals surface area contributed by atoms with Crippen molar-refractivity contribution in [3.8, 4) is 0 Å². The Balaban J connectivity index is 1.93. The molecular formula is C8H13N3OS. The molecule has 0 fully saturated rings. The highest BCUT2D eigenvalue weighted by Crippen LogP contribution is 2.33. The van der Waals surface area contributed by atoms with Crippen LogP contribution >= 0.6 is 11.8 Å². The van der Waals surface area contributed by atoms with Gasteiger partial charge in [-0.2, -0.15) is 0 Å². The Labute approximate surface area is 81.5 Å². The minimum absolute atomic E-state index is 0.0460. The van der Waals surface area contributed by atoms with Gasteiger partial charge in [0.2, 0.25) is 0 Å². The first-order valence-electron chi connectivity index (χ1n) is 4.35. The van der Waals surface area contributed by atoms with E-state index in [0.29, 0.717) is 0 Å². The first-order valence-corrected chi connectivity index (χ1v) is 5.17. The van der Waals surface area contributed by atoms with Crippen molar-refractivity contribution in [2.45, 2.75) is 12.5 Å². The fraction of sp³-hybridized carbons (Fsp3) is 0.625. The molecule has 0 amide bonds. The van der Waals surface area contributed by atoms with Gasteiger partial charge in [0.05, 0.1) is 13.2 Å². The Bertz CT molecular complexity index is 264. The fourth-order valence-corrected chi connectivity index (χ4v) is 2.51. The van der Waals surface area contributed by atoms with Crippen LogP contribution in [0.15, 0.2) is 16.1 Å². The van der Waals surface area contributed by atoms with Crippen molar-refractivity contribution in [3.05, 3.63) is 11.1 Å². The average Bonchev–Trinajstić information content (AvgIpc) is 2.63. The van der Waals surface area contributed by atoms with Crippen LogP contribution in [0.5, 0.6) is 0 Å². The number of aliphatic imine (C=N–C) groups is 1. The van der Waals surface area contributed by atoms with E-state index in [2.05, 4.69) is 16.1 Å². The molecule has 5 heteroatoms. The van der Waals surface area contributed by atoms with Crippen molar-refractivity contribution in [2.24, 2.45) is 10.7 Å². The Morgan fingerprint density at radius 1 is 1.77 bits per heavy atom. The van der Waals surface area contributed by atoms with Crippen molar-refractivity contribution >= 4 is 16.9 Å². The highest BCUT2D eigenvalue weighted by atomic mass is 32.2. The van der Waals surface area contributed by atoms with Crippen LogP contribution in [0.4, 0.5) is 0 Å². The SMILES string of the molecule is NC(CO)CC1=CN2CCN=C2S1. The molecule has 0 radical (unpaired) electrons. The standard InChI is InChI=1S/C8H13N3OS/c9-6(5-12)3-7-4-11-2-1-10-8(11)13-7/h4,6,12H,1-3,5,9H2. The first-order chi connectivity index (χ1) is 6.29. The van der Waals surface area contributed by atoms with Gasteiger partial charge in [0.1, 0.15) is 0 Å². The van der Waals surface area contributed by atoms with Crippen molar-refractivity contribution in [2.75, 3.05) is 19.7 Å². The Kier molecular flexibility index (Phi) is 2.57. The van der Waals surface area contributed by atoms with Gasteiger partial charge in [0, 0.05) is 23.7 Å². The smallest absolute Gasteiger partial charge is 0.168 e. The summed E-state index contributed by atoms with van der Waals surface area (Å²) in [5, 5.41) is 9.88. The number of thioether (sulfide) groups is 1. The third kappa shape index (κ3) is 1.87. The highest BCUT2D eigenvalue weighted by molar-refractivity contribution is 8.17. The normalized spacial score (nSPS) is 22.8. The van der Waals surface area contributed by atoms with E-state index in [1.807, 2.05) is 0 Å². The largest absolute Gasteiger partial charge is 0.395 e. The van der Waals surface area contributed by atoms with Crippen LogP contribution in [-0.4, -0.2) is 40.9 Å². The third-order valence-electron chi connectivity index (χ3n) is 2.05. The minimum Gasteiger partial charge on any atom is -0.395 e. The molecule has 2 heterocycles. The average molecular weight is 199 g/mol. The predicted molar refractivity (Wildman–Crippen MR) is 54.4 cm³/mol. The topological polar surface area (TPSA) is 61.9 Å². The summed E-state index contributed by atoms with van der Waals surface area (Å²) in [5.41, 5.74) is 5.64. The lowest BCUT2D eigenvalue weighted by atomic mass is 10.2. The van der Waals surface area contributed by atoms with Crippen LogP contribution in [0.2, 0.25) is 0 Å². The second-order valence-electron chi connectivity index (χ2n) is 3.20. The molecule has 0 saturated carbocycles. The number of hydrogen-bond donors (Lipinski definition) is 2. The van der Waals surface area contributed by atoms with Crippen molar-refractivity contribution in [1.82, 2.24) is 4.90 Å². The van der Waals surface area contributed by atoms with E-state index in [1.54, 1.807) is 11.8 Å². The van der Waals surface area contributed by atoms with E-state index in [9.17, 15) is 0 Å². The van der Waals surface area contributed by atoms with Gasteiger partial charge in [-0.05, 0) is 6.42 Å². The lowest BCUT2D eigenvalue weighted by molar-refractivity contribution is 0.266.